The third-order valence-corrected chi connectivity index (χ3v) is 3.60. The van der Waals surface area contributed by atoms with Crippen LogP contribution in [0.25, 0.3) is 0 Å². The minimum absolute atomic E-state index is 0.173. The second-order valence-corrected chi connectivity index (χ2v) is 6.99. The highest BCUT2D eigenvalue weighted by Gasteiger charge is 2.44. The summed E-state index contributed by atoms with van der Waals surface area (Å²) in [4.78, 5) is 11.7. The van der Waals surface area contributed by atoms with Gasteiger partial charge in [-0.1, -0.05) is 12.2 Å². The van der Waals surface area contributed by atoms with E-state index in [1.165, 1.54) is 13.8 Å². The summed E-state index contributed by atoms with van der Waals surface area (Å²) in [5.74, 6) is -2.39. The van der Waals surface area contributed by atoms with Crippen molar-refractivity contribution in [3.63, 3.8) is 0 Å². The first-order chi connectivity index (χ1) is 7.79. The number of carbonyl (C=O) groups excluding carboxylic acids is 1. The molecular formula is C11H20O6S. The van der Waals surface area contributed by atoms with Crippen molar-refractivity contribution in [3.05, 3.63) is 12.2 Å². The SMILES string of the molecule is C=C(C)COC(C)(C)OC(=O)C(C)(C)S(=O)(=O)O. The van der Waals surface area contributed by atoms with E-state index in [4.69, 9.17) is 14.0 Å². The average Bonchev–Trinajstić information content (AvgIpc) is 2.12. The van der Waals surface area contributed by atoms with Crippen LogP contribution in [-0.4, -0.2) is 36.1 Å². The Kier molecular flexibility index (Phi) is 5.10. The molecule has 0 aromatic heterocycles. The van der Waals surface area contributed by atoms with Gasteiger partial charge in [0.05, 0.1) is 6.61 Å². The smallest absolute Gasteiger partial charge is 0.331 e. The van der Waals surface area contributed by atoms with E-state index in [0.29, 0.717) is 0 Å². The molecule has 0 rings (SSSR count). The molecule has 0 saturated heterocycles. The lowest BCUT2D eigenvalue weighted by molar-refractivity contribution is -0.214. The highest BCUT2D eigenvalue weighted by atomic mass is 32.2. The van der Waals surface area contributed by atoms with Crippen LogP contribution in [0.15, 0.2) is 12.2 Å². The fourth-order valence-electron chi connectivity index (χ4n) is 0.778. The predicted octanol–water partition coefficient (Wildman–Crippen LogP) is 1.52. The molecule has 0 unspecified atom stereocenters. The highest BCUT2D eigenvalue weighted by molar-refractivity contribution is 7.88. The van der Waals surface area contributed by atoms with E-state index >= 15 is 0 Å². The fourth-order valence-corrected chi connectivity index (χ4v) is 1.03. The summed E-state index contributed by atoms with van der Waals surface area (Å²) in [5.41, 5.74) is 0.730. The van der Waals surface area contributed by atoms with Gasteiger partial charge in [-0.3, -0.25) is 9.35 Å². The largest absolute Gasteiger partial charge is 0.432 e. The van der Waals surface area contributed by atoms with Gasteiger partial charge in [-0.05, 0) is 20.8 Å². The number of esters is 1. The highest BCUT2D eigenvalue weighted by Crippen LogP contribution is 2.22. The first-order valence-electron chi connectivity index (χ1n) is 5.28. The minimum atomic E-state index is -4.55. The van der Waals surface area contributed by atoms with Crippen LogP contribution in [0.3, 0.4) is 0 Å². The number of carbonyl (C=O) groups is 1. The Labute approximate surface area is 108 Å². The zero-order valence-electron chi connectivity index (χ0n) is 11.3. The molecule has 0 atom stereocenters. The summed E-state index contributed by atoms with van der Waals surface area (Å²) < 4.78 is 39.2. The Bertz CT molecular complexity index is 432. The average molecular weight is 280 g/mol. The number of hydrogen-bond donors (Lipinski definition) is 1. The first kappa shape index (κ1) is 17.1. The van der Waals surface area contributed by atoms with Crippen molar-refractivity contribution >= 4 is 16.1 Å². The van der Waals surface area contributed by atoms with Crippen LogP contribution in [0.4, 0.5) is 0 Å². The third-order valence-electron chi connectivity index (χ3n) is 2.14. The molecule has 0 saturated carbocycles. The lowest BCUT2D eigenvalue weighted by Gasteiger charge is -2.29. The maximum Gasteiger partial charge on any atom is 0.331 e. The van der Waals surface area contributed by atoms with E-state index in [9.17, 15) is 13.2 Å². The van der Waals surface area contributed by atoms with Crippen LogP contribution in [0, 0.1) is 0 Å². The quantitative estimate of drug-likeness (QED) is 0.343. The molecule has 0 radical (unpaired) electrons. The Balaban J connectivity index is 4.81. The molecule has 0 aliphatic carbocycles. The van der Waals surface area contributed by atoms with Crippen molar-refractivity contribution in [2.75, 3.05) is 6.61 Å². The lowest BCUT2D eigenvalue weighted by atomic mass is 10.2. The van der Waals surface area contributed by atoms with Crippen molar-refractivity contribution in [1.29, 1.82) is 0 Å². The van der Waals surface area contributed by atoms with Crippen LogP contribution in [0.5, 0.6) is 0 Å². The van der Waals surface area contributed by atoms with E-state index in [0.717, 1.165) is 19.4 Å². The van der Waals surface area contributed by atoms with Crippen molar-refractivity contribution in [3.8, 4) is 0 Å². The normalized spacial score (nSPS) is 13.2. The van der Waals surface area contributed by atoms with Crippen LogP contribution in [0.2, 0.25) is 0 Å². The molecule has 0 bridgehead atoms. The fraction of sp³-hybridized carbons (Fsp3) is 0.727. The maximum atomic E-state index is 11.7. The lowest BCUT2D eigenvalue weighted by Crippen LogP contribution is -2.46. The molecule has 18 heavy (non-hydrogen) atoms. The van der Waals surface area contributed by atoms with Gasteiger partial charge >= 0.3 is 5.97 Å². The molecule has 106 valence electrons. The van der Waals surface area contributed by atoms with Gasteiger partial charge in [-0.15, -0.1) is 0 Å². The van der Waals surface area contributed by atoms with E-state index in [-0.39, 0.29) is 6.61 Å². The standard InChI is InChI=1S/C11H20O6S/c1-8(2)7-16-11(5,6)17-9(12)10(3,4)18(13,14)15/h1,7H2,2-6H3,(H,13,14,15). The summed E-state index contributed by atoms with van der Waals surface area (Å²) in [5, 5.41) is 0. The van der Waals surface area contributed by atoms with Crippen LogP contribution in [-0.2, 0) is 24.4 Å². The number of hydrogen-bond acceptors (Lipinski definition) is 5. The Morgan fingerprint density at radius 3 is 2.06 bits per heavy atom. The van der Waals surface area contributed by atoms with E-state index < -0.39 is 26.6 Å². The van der Waals surface area contributed by atoms with E-state index in [1.807, 2.05) is 0 Å². The molecule has 0 heterocycles. The van der Waals surface area contributed by atoms with E-state index in [1.54, 1.807) is 6.92 Å². The van der Waals surface area contributed by atoms with Gasteiger partial charge in [0, 0.05) is 13.8 Å². The first-order valence-corrected chi connectivity index (χ1v) is 6.72. The van der Waals surface area contributed by atoms with Gasteiger partial charge in [0.2, 0.25) is 5.79 Å². The van der Waals surface area contributed by atoms with E-state index in [2.05, 4.69) is 6.58 Å². The Morgan fingerprint density at radius 1 is 1.28 bits per heavy atom. The van der Waals surface area contributed by atoms with Gasteiger partial charge in [0.1, 0.15) is 0 Å². The zero-order valence-corrected chi connectivity index (χ0v) is 12.1. The number of rotatable bonds is 6. The van der Waals surface area contributed by atoms with Crippen molar-refractivity contribution in [2.24, 2.45) is 0 Å². The summed E-state index contributed by atoms with van der Waals surface area (Å²) >= 11 is 0. The molecule has 0 aromatic carbocycles. The van der Waals surface area contributed by atoms with Gasteiger partial charge in [-0.25, -0.2) is 0 Å². The van der Waals surface area contributed by atoms with Crippen molar-refractivity contribution in [1.82, 2.24) is 0 Å². The molecule has 0 amide bonds. The summed E-state index contributed by atoms with van der Waals surface area (Å²) in [6, 6.07) is 0. The summed E-state index contributed by atoms with van der Waals surface area (Å²) in [6.07, 6.45) is 0. The van der Waals surface area contributed by atoms with Gasteiger partial charge in [0.15, 0.2) is 4.75 Å². The zero-order chi connectivity index (χ0) is 14.8. The van der Waals surface area contributed by atoms with Gasteiger partial charge in [-0.2, -0.15) is 8.42 Å². The molecule has 0 aliphatic heterocycles. The molecule has 0 aromatic rings. The van der Waals surface area contributed by atoms with Gasteiger partial charge in [0.25, 0.3) is 10.1 Å². The molecular weight excluding hydrogens is 260 g/mol. The molecule has 0 spiro atoms. The topological polar surface area (TPSA) is 89.9 Å². The number of ether oxygens (including phenoxy) is 2. The molecule has 6 nitrogen and oxygen atoms in total. The minimum Gasteiger partial charge on any atom is -0.432 e. The van der Waals surface area contributed by atoms with Gasteiger partial charge < -0.3 is 9.47 Å². The third kappa shape index (κ3) is 4.75. The van der Waals surface area contributed by atoms with Crippen LogP contribution >= 0.6 is 0 Å². The molecule has 7 heteroatoms. The van der Waals surface area contributed by atoms with Crippen LogP contribution < -0.4 is 0 Å². The second kappa shape index (κ2) is 5.38. The second-order valence-electron chi connectivity index (χ2n) is 5.02. The van der Waals surface area contributed by atoms with Crippen molar-refractivity contribution in [2.45, 2.75) is 45.2 Å². The molecule has 0 aliphatic rings. The van der Waals surface area contributed by atoms with Crippen LogP contribution in [0.1, 0.15) is 34.6 Å². The predicted molar refractivity (Wildman–Crippen MR) is 66.6 cm³/mol. The molecule has 0 fully saturated rings. The summed E-state index contributed by atoms with van der Waals surface area (Å²) in [7, 11) is -4.55. The molecule has 1 N–H and O–H groups in total. The maximum absolute atomic E-state index is 11.7. The van der Waals surface area contributed by atoms with Crippen molar-refractivity contribution < 1.29 is 27.2 Å². The Hall–Kier alpha value is -0.920. The Morgan fingerprint density at radius 2 is 1.72 bits per heavy atom. The summed E-state index contributed by atoms with van der Waals surface area (Å²) in [6.45, 7) is 10.6. The monoisotopic (exact) mass is 280 g/mol.